The molecule has 0 aliphatic carbocycles. The monoisotopic (exact) mass is 248 g/mol. The van der Waals surface area contributed by atoms with Crippen LogP contribution < -0.4 is 5.73 Å². The number of nitriles is 1. The molecule has 0 aliphatic rings. The molecule has 0 aliphatic heterocycles. The maximum atomic E-state index is 11.1. The van der Waals surface area contributed by atoms with Crippen LogP contribution in [0.3, 0.4) is 0 Å². The number of nitrogens with two attached hydrogens (primary N) is 1. The zero-order chi connectivity index (χ0) is 13.7. The van der Waals surface area contributed by atoms with E-state index in [0.29, 0.717) is 0 Å². The fourth-order valence-electron chi connectivity index (χ4n) is 1.82. The lowest BCUT2D eigenvalue weighted by molar-refractivity contribution is -0.114. The van der Waals surface area contributed by atoms with Crippen molar-refractivity contribution in [3.63, 3.8) is 0 Å². The highest BCUT2D eigenvalue weighted by Gasteiger charge is 2.07. The van der Waals surface area contributed by atoms with Crippen molar-refractivity contribution in [2.45, 2.75) is 0 Å². The number of primary amides is 1. The summed E-state index contributed by atoms with van der Waals surface area (Å²) in [5, 5.41) is 8.90. The van der Waals surface area contributed by atoms with Crippen molar-refractivity contribution in [1.29, 1.82) is 5.26 Å². The Morgan fingerprint density at radius 2 is 1.68 bits per heavy atom. The van der Waals surface area contributed by atoms with Gasteiger partial charge in [-0.1, -0.05) is 54.6 Å². The second kappa shape index (κ2) is 5.65. The Kier molecular flexibility index (Phi) is 3.75. The van der Waals surface area contributed by atoms with Gasteiger partial charge in [0.1, 0.15) is 11.6 Å². The Morgan fingerprint density at radius 3 is 2.32 bits per heavy atom. The Morgan fingerprint density at radius 1 is 1.05 bits per heavy atom. The van der Waals surface area contributed by atoms with Gasteiger partial charge in [0, 0.05) is 0 Å². The highest BCUT2D eigenvalue weighted by Crippen LogP contribution is 2.25. The first-order chi connectivity index (χ1) is 9.22. The average Bonchev–Trinajstić information content (AvgIpc) is 2.45. The molecule has 0 aromatic heterocycles. The predicted octanol–water partition coefficient (Wildman–Crippen LogP) is 2.75. The zero-order valence-electron chi connectivity index (χ0n) is 10.2. The van der Waals surface area contributed by atoms with E-state index in [9.17, 15) is 4.79 Å². The number of hydrogen-bond donors (Lipinski definition) is 1. The molecule has 0 radical (unpaired) electrons. The van der Waals surface area contributed by atoms with Crippen LogP contribution in [0.25, 0.3) is 17.2 Å². The Bertz CT molecular complexity index is 667. The first-order valence-corrected chi connectivity index (χ1v) is 5.78. The van der Waals surface area contributed by atoms with Crippen LogP contribution in [-0.4, -0.2) is 5.91 Å². The third-order valence-electron chi connectivity index (χ3n) is 2.73. The smallest absolute Gasteiger partial charge is 0.259 e. The molecule has 2 N–H and O–H groups in total. The molecule has 19 heavy (non-hydrogen) atoms. The van der Waals surface area contributed by atoms with Crippen LogP contribution in [0.4, 0.5) is 0 Å². The van der Waals surface area contributed by atoms with Crippen molar-refractivity contribution >= 4 is 12.0 Å². The van der Waals surface area contributed by atoms with E-state index >= 15 is 0 Å². The SMILES string of the molecule is N#C/C(=C\c1ccccc1-c1ccccc1)C(N)=O. The fourth-order valence-corrected chi connectivity index (χ4v) is 1.82. The summed E-state index contributed by atoms with van der Waals surface area (Å²) in [6.45, 7) is 0. The summed E-state index contributed by atoms with van der Waals surface area (Å²) in [4.78, 5) is 11.1. The quantitative estimate of drug-likeness (QED) is 0.670. The van der Waals surface area contributed by atoms with Gasteiger partial charge >= 0.3 is 0 Å². The molecule has 0 bridgehead atoms. The van der Waals surface area contributed by atoms with Gasteiger partial charge in [0.25, 0.3) is 5.91 Å². The van der Waals surface area contributed by atoms with Gasteiger partial charge in [0.15, 0.2) is 0 Å². The highest BCUT2D eigenvalue weighted by molar-refractivity contribution is 6.01. The Balaban J connectivity index is 2.55. The van der Waals surface area contributed by atoms with E-state index < -0.39 is 5.91 Å². The van der Waals surface area contributed by atoms with Crippen molar-refractivity contribution in [1.82, 2.24) is 0 Å². The molecule has 2 rings (SSSR count). The molecular formula is C16H12N2O. The third-order valence-corrected chi connectivity index (χ3v) is 2.73. The van der Waals surface area contributed by atoms with Gasteiger partial charge in [-0.15, -0.1) is 0 Å². The van der Waals surface area contributed by atoms with Gasteiger partial charge in [-0.2, -0.15) is 5.26 Å². The second-order valence-electron chi connectivity index (χ2n) is 3.99. The minimum Gasteiger partial charge on any atom is -0.365 e. The lowest BCUT2D eigenvalue weighted by Gasteiger charge is -2.06. The summed E-state index contributed by atoms with van der Waals surface area (Å²) in [5.41, 5.74) is 7.88. The van der Waals surface area contributed by atoms with Gasteiger partial charge in [0.05, 0.1) is 0 Å². The molecule has 1 amide bonds. The molecule has 2 aromatic carbocycles. The first-order valence-electron chi connectivity index (χ1n) is 5.78. The molecule has 3 heteroatoms. The van der Waals surface area contributed by atoms with E-state index in [0.717, 1.165) is 16.7 Å². The molecule has 2 aromatic rings. The molecule has 3 nitrogen and oxygen atoms in total. The first kappa shape index (κ1) is 12.6. The van der Waals surface area contributed by atoms with Gasteiger partial charge in [-0.25, -0.2) is 0 Å². The average molecular weight is 248 g/mol. The van der Waals surface area contributed by atoms with E-state index in [1.54, 1.807) is 0 Å². The van der Waals surface area contributed by atoms with Crippen molar-refractivity contribution < 1.29 is 4.79 Å². The summed E-state index contributed by atoms with van der Waals surface area (Å²) < 4.78 is 0. The van der Waals surface area contributed by atoms with Crippen molar-refractivity contribution in [3.8, 4) is 17.2 Å². The maximum Gasteiger partial charge on any atom is 0.259 e. The van der Waals surface area contributed by atoms with E-state index in [1.807, 2.05) is 60.7 Å². The summed E-state index contributed by atoms with van der Waals surface area (Å²) >= 11 is 0. The largest absolute Gasteiger partial charge is 0.365 e. The van der Waals surface area contributed by atoms with Crippen LogP contribution in [-0.2, 0) is 4.79 Å². The maximum absolute atomic E-state index is 11.1. The summed E-state index contributed by atoms with van der Waals surface area (Å²) in [6.07, 6.45) is 1.52. The van der Waals surface area contributed by atoms with Gasteiger partial charge in [-0.3, -0.25) is 4.79 Å². The number of amides is 1. The van der Waals surface area contributed by atoms with Crippen LogP contribution in [0, 0.1) is 11.3 Å². The summed E-state index contributed by atoms with van der Waals surface area (Å²) in [7, 11) is 0. The number of rotatable bonds is 3. The molecule has 0 unspecified atom stereocenters. The fraction of sp³-hybridized carbons (Fsp3) is 0. The predicted molar refractivity (Wildman–Crippen MR) is 74.7 cm³/mol. The molecule has 0 fully saturated rings. The van der Waals surface area contributed by atoms with Gasteiger partial charge in [-0.05, 0) is 22.8 Å². The number of nitrogens with zero attached hydrogens (tertiary/aromatic N) is 1. The van der Waals surface area contributed by atoms with E-state index in [2.05, 4.69) is 0 Å². The lowest BCUT2D eigenvalue weighted by atomic mass is 9.98. The zero-order valence-corrected chi connectivity index (χ0v) is 10.2. The molecule has 0 spiro atoms. The number of hydrogen-bond acceptors (Lipinski definition) is 2. The number of benzene rings is 2. The van der Waals surface area contributed by atoms with Crippen molar-refractivity contribution in [2.75, 3.05) is 0 Å². The number of carbonyl (C=O) groups is 1. The normalized spacial score (nSPS) is 10.8. The van der Waals surface area contributed by atoms with Crippen LogP contribution in [0.5, 0.6) is 0 Å². The lowest BCUT2D eigenvalue weighted by Crippen LogP contribution is -2.12. The minimum absolute atomic E-state index is 0.0524. The summed E-state index contributed by atoms with van der Waals surface area (Å²) in [6, 6.07) is 19.1. The molecule has 0 saturated heterocycles. The summed E-state index contributed by atoms with van der Waals surface area (Å²) in [5.74, 6) is -0.717. The highest BCUT2D eigenvalue weighted by atomic mass is 16.1. The van der Waals surface area contributed by atoms with Gasteiger partial charge in [0.2, 0.25) is 0 Å². The molecular weight excluding hydrogens is 236 g/mol. The molecule has 0 heterocycles. The standard InChI is InChI=1S/C16H12N2O/c17-11-14(16(18)19)10-13-8-4-5-9-15(13)12-6-2-1-3-7-12/h1-10H,(H2,18,19)/b14-10+. The van der Waals surface area contributed by atoms with E-state index in [-0.39, 0.29) is 5.57 Å². The second-order valence-corrected chi connectivity index (χ2v) is 3.99. The van der Waals surface area contributed by atoms with Crippen molar-refractivity contribution in [2.24, 2.45) is 5.73 Å². The number of carbonyl (C=O) groups excluding carboxylic acids is 1. The van der Waals surface area contributed by atoms with Crippen LogP contribution in [0.2, 0.25) is 0 Å². The Labute approximate surface area is 111 Å². The third kappa shape index (κ3) is 2.88. The topological polar surface area (TPSA) is 66.9 Å². The van der Waals surface area contributed by atoms with Crippen molar-refractivity contribution in [3.05, 3.63) is 65.7 Å². The van der Waals surface area contributed by atoms with Gasteiger partial charge < -0.3 is 5.73 Å². The van der Waals surface area contributed by atoms with E-state index in [1.165, 1.54) is 6.08 Å². The van der Waals surface area contributed by atoms with Crippen LogP contribution in [0.15, 0.2) is 60.2 Å². The Hall–Kier alpha value is -2.86. The molecule has 92 valence electrons. The molecule has 0 saturated carbocycles. The van der Waals surface area contributed by atoms with Crippen LogP contribution in [0.1, 0.15) is 5.56 Å². The molecule has 0 atom stereocenters. The van der Waals surface area contributed by atoms with E-state index in [4.69, 9.17) is 11.0 Å². The minimum atomic E-state index is -0.717. The van der Waals surface area contributed by atoms with Crippen LogP contribution >= 0.6 is 0 Å².